The fourth-order valence-corrected chi connectivity index (χ4v) is 3.82. The number of imidazole rings is 1. The number of hydrogen-bond donors (Lipinski definition) is 1. The maximum Gasteiger partial charge on any atom is 0.146 e. The molecule has 1 aliphatic rings. The zero-order chi connectivity index (χ0) is 19.9. The summed E-state index contributed by atoms with van der Waals surface area (Å²) in [5.41, 5.74) is 2.62. The van der Waals surface area contributed by atoms with E-state index in [9.17, 15) is 0 Å². The van der Waals surface area contributed by atoms with Crippen molar-refractivity contribution in [2.75, 3.05) is 19.6 Å². The second-order valence-electron chi connectivity index (χ2n) is 7.74. The van der Waals surface area contributed by atoms with Crippen molar-refractivity contribution in [3.05, 3.63) is 83.9 Å². The van der Waals surface area contributed by atoms with Crippen molar-refractivity contribution in [1.29, 1.82) is 0 Å². The van der Waals surface area contributed by atoms with E-state index >= 15 is 0 Å². The Morgan fingerprint density at radius 1 is 1.03 bits per heavy atom. The van der Waals surface area contributed by atoms with Gasteiger partial charge in [-0.25, -0.2) is 4.98 Å². The summed E-state index contributed by atoms with van der Waals surface area (Å²) in [7, 11) is 1.98. The van der Waals surface area contributed by atoms with E-state index in [-0.39, 0.29) is 0 Å². The smallest absolute Gasteiger partial charge is 0.146 e. The second-order valence-corrected chi connectivity index (χ2v) is 7.74. The van der Waals surface area contributed by atoms with Crippen LogP contribution >= 0.6 is 0 Å². The van der Waals surface area contributed by atoms with E-state index < -0.39 is 0 Å². The maximum absolute atomic E-state index is 5.86. The molecule has 5 nitrogen and oxygen atoms in total. The summed E-state index contributed by atoms with van der Waals surface area (Å²) in [5.74, 6) is 1.79. The van der Waals surface area contributed by atoms with Gasteiger partial charge in [-0.1, -0.05) is 42.5 Å². The third-order valence-corrected chi connectivity index (χ3v) is 5.61. The molecule has 0 radical (unpaired) electrons. The Balaban J connectivity index is 1.33. The molecule has 152 valence electrons. The molecular weight excluding hydrogens is 360 g/mol. The van der Waals surface area contributed by atoms with Gasteiger partial charge < -0.3 is 19.5 Å². The number of nitrogens with one attached hydrogen (secondary N) is 1. The molecule has 5 heteroatoms. The van der Waals surface area contributed by atoms with Gasteiger partial charge in [0.05, 0.1) is 0 Å². The molecule has 1 N–H and O–H groups in total. The van der Waals surface area contributed by atoms with Gasteiger partial charge in [0, 0.05) is 38.6 Å². The van der Waals surface area contributed by atoms with E-state index in [1.165, 1.54) is 37.1 Å². The van der Waals surface area contributed by atoms with Gasteiger partial charge in [-0.15, -0.1) is 0 Å². The minimum atomic E-state index is 0.341. The molecule has 29 heavy (non-hydrogen) atoms. The van der Waals surface area contributed by atoms with Crippen LogP contribution in [0.1, 0.15) is 35.8 Å². The molecule has 4 rings (SSSR count). The number of aryl methyl sites for hydroxylation is 1. The first-order chi connectivity index (χ1) is 14.3. The van der Waals surface area contributed by atoms with Crippen LogP contribution in [0.25, 0.3) is 0 Å². The van der Waals surface area contributed by atoms with Crippen molar-refractivity contribution in [1.82, 2.24) is 19.8 Å². The highest BCUT2D eigenvalue weighted by molar-refractivity contribution is 5.28. The quantitative estimate of drug-likeness (QED) is 0.601. The molecule has 0 bridgehead atoms. The second kappa shape index (κ2) is 9.72. The van der Waals surface area contributed by atoms with Crippen molar-refractivity contribution >= 4 is 0 Å². The highest BCUT2D eigenvalue weighted by Gasteiger charge is 2.18. The van der Waals surface area contributed by atoms with E-state index in [2.05, 4.69) is 57.7 Å². The number of benzene rings is 2. The zero-order valence-electron chi connectivity index (χ0n) is 17.1. The minimum Gasteiger partial charge on any atom is -0.486 e. The lowest BCUT2D eigenvalue weighted by Crippen LogP contribution is -2.33. The van der Waals surface area contributed by atoms with Crippen molar-refractivity contribution < 1.29 is 4.74 Å². The fraction of sp³-hybridized carbons (Fsp3) is 0.375. The van der Waals surface area contributed by atoms with E-state index in [1.807, 2.05) is 29.9 Å². The van der Waals surface area contributed by atoms with E-state index in [4.69, 9.17) is 4.74 Å². The number of rotatable bonds is 9. The third kappa shape index (κ3) is 5.46. The monoisotopic (exact) mass is 390 g/mol. The highest BCUT2D eigenvalue weighted by atomic mass is 16.5. The Morgan fingerprint density at radius 2 is 1.79 bits per heavy atom. The highest BCUT2D eigenvalue weighted by Crippen LogP contribution is 2.19. The molecule has 3 aromatic rings. The number of likely N-dealkylation sites (tertiary alicyclic amines) is 1. The Labute approximate surface area is 173 Å². The summed E-state index contributed by atoms with van der Waals surface area (Å²) in [4.78, 5) is 6.86. The molecule has 0 saturated carbocycles. The number of ether oxygens (including phenoxy) is 1. The summed E-state index contributed by atoms with van der Waals surface area (Å²) >= 11 is 0. The summed E-state index contributed by atoms with van der Waals surface area (Å²) < 4.78 is 7.83. The average Bonchev–Trinajstić information content (AvgIpc) is 3.42. The maximum atomic E-state index is 5.86. The van der Waals surface area contributed by atoms with Crippen LogP contribution in [0.15, 0.2) is 67.0 Å². The Hall–Kier alpha value is -2.63. The van der Waals surface area contributed by atoms with Gasteiger partial charge in [0.2, 0.25) is 0 Å². The van der Waals surface area contributed by atoms with Gasteiger partial charge in [0.1, 0.15) is 18.2 Å². The number of nitrogens with zero attached hydrogens (tertiary/aromatic N) is 3. The molecule has 1 unspecified atom stereocenters. The molecule has 2 heterocycles. The molecule has 1 aromatic heterocycles. The van der Waals surface area contributed by atoms with Gasteiger partial charge in [-0.05, 0) is 49.2 Å². The summed E-state index contributed by atoms with van der Waals surface area (Å²) in [5, 5.41) is 3.76. The first-order valence-electron chi connectivity index (χ1n) is 10.5. The zero-order valence-corrected chi connectivity index (χ0v) is 17.1. The summed E-state index contributed by atoms with van der Waals surface area (Å²) in [6.07, 6.45) is 6.36. The van der Waals surface area contributed by atoms with Crippen LogP contribution in [0.5, 0.6) is 5.75 Å². The topological polar surface area (TPSA) is 42.3 Å². The Morgan fingerprint density at radius 3 is 2.48 bits per heavy atom. The SMILES string of the molecule is Cn1ccnc1COc1ccc(CNC(CN2CCCC2)c2ccccc2)cc1. The van der Waals surface area contributed by atoms with Crippen LogP contribution in [0.4, 0.5) is 0 Å². The number of aromatic nitrogens is 2. The van der Waals surface area contributed by atoms with Crippen molar-refractivity contribution in [2.45, 2.75) is 32.0 Å². The van der Waals surface area contributed by atoms with Crippen LogP contribution in [0, 0.1) is 0 Å². The van der Waals surface area contributed by atoms with Crippen molar-refractivity contribution in [3.8, 4) is 5.75 Å². The van der Waals surface area contributed by atoms with Gasteiger partial charge in [-0.2, -0.15) is 0 Å². The van der Waals surface area contributed by atoms with Crippen LogP contribution < -0.4 is 10.1 Å². The Kier molecular flexibility index (Phi) is 6.60. The third-order valence-electron chi connectivity index (χ3n) is 5.61. The summed E-state index contributed by atoms with van der Waals surface area (Å²) in [6.45, 7) is 4.81. The molecule has 0 aliphatic carbocycles. The lowest BCUT2D eigenvalue weighted by Gasteiger charge is -2.25. The minimum absolute atomic E-state index is 0.341. The first-order valence-corrected chi connectivity index (χ1v) is 10.5. The van der Waals surface area contributed by atoms with Crippen molar-refractivity contribution in [3.63, 3.8) is 0 Å². The molecule has 0 spiro atoms. The van der Waals surface area contributed by atoms with Crippen LogP contribution in [0.2, 0.25) is 0 Å². The van der Waals surface area contributed by atoms with E-state index in [0.29, 0.717) is 12.6 Å². The molecule has 0 amide bonds. The average molecular weight is 391 g/mol. The van der Waals surface area contributed by atoms with Crippen LogP contribution in [0.3, 0.4) is 0 Å². The standard InChI is InChI=1S/C24H30N4O/c1-27-16-13-25-24(27)19-29-22-11-9-20(10-12-22)17-26-23(18-28-14-5-6-15-28)21-7-3-2-4-8-21/h2-4,7-13,16,23,26H,5-6,14-15,17-19H2,1H3. The van der Waals surface area contributed by atoms with E-state index in [1.54, 1.807) is 6.20 Å². The van der Waals surface area contributed by atoms with Gasteiger partial charge >= 0.3 is 0 Å². The normalized spacial score (nSPS) is 15.5. The van der Waals surface area contributed by atoms with E-state index in [0.717, 1.165) is 24.7 Å². The van der Waals surface area contributed by atoms with Crippen LogP contribution in [-0.4, -0.2) is 34.1 Å². The predicted octanol–water partition coefficient (Wildman–Crippen LogP) is 3.93. The van der Waals surface area contributed by atoms with Crippen LogP contribution in [-0.2, 0) is 20.2 Å². The first kappa shape index (κ1) is 19.7. The molecule has 1 saturated heterocycles. The number of hydrogen-bond acceptors (Lipinski definition) is 4. The van der Waals surface area contributed by atoms with Gasteiger partial charge in [0.25, 0.3) is 0 Å². The largest absolute Gasteiger partial charge is 0.486 e. The fourth-order valence-electron chi connectivity index (χ4n) is 3.82. The Bertz CT molecular complexity index is 869. The predicted molar refractivity (Wildman–Crippen MR) is 116 cm³/mol. The molecule has 2 aromatic carbocycles. The summed E-state index contributed by atoms with van der Waals surface area (Å²) in [6, 6.07) is 19.5. The molecular formula is C24H30N4O. The lowest BCUT2D eigenvalue weighted by molar-refractivity contribution is 0.290. The molecule has 1 fully saturated rings. The van der Waals surface area contributed by atoms with Gasteiger partial charge in [0.15, 0.2) is 0 Å². The molecule has 1 aliphatic heterocycles. The molecule has 1 atom stereocenters. The van der Waals surface area contributed by atoms with Crippen molar-refractivity contribution in [2.24, 2.45) is 7.05 Å². The van der Waals surface area contributed by atoms with Gasteiger partial charge in [-0.3, -0.25) is 0 Å². The lowest BCUT2D eigenvalue weighted by atomic mass is 10.1.